The van der Waals surface area contributed by atoms with Gasteiger partial charge >= 0.3 is 0 Å². The number of hydrogen-bond acceptors (Lipinski definition) is 2. The van der Waals surface area contributed by atoms with Gasteiger partial charge in [0.05, 0.1) is 0 Å². The number of rotatable bonds is 5. The number of carbonyl (C=O) groups excluding carboxylic acids is 1. The number of carbonyl (C=O) groups is 1. The van der Waals surface area contributed by atoms with Crippen LogP contribution in [0.3, 0.4) is 0 Å². The Hall–Kier alpha value is -2.98. The molecule has 0 radical (unpaired) electrons. The second-order valence-corrected chi connectivity index (χ2v) is 11.6. The summed E-state index contributed by atoms with van der Waals surface area (Å²) < 4.78 is 14.4. The largest absolute Gasteiger partial charge is 0.311 e. The predicted octanol–water partition coefficient (Wildman–Crippen LogP) is 6.64. The van der Waals surface area contributed by atoms with Gasteiger partial charge in [0.1, 0.15) is 5.82 Å². The van der Waals surface area contributed by atoms with Crippen LogP contribution < -0.4 is 4.90 Å². The van der Waals surface area contributed by atoms with E-state index in [0.717, 1.165) is 50.1 Å². The van der Waals surface area contributed by atoms with Gasteiger partial charge in [-0.3, -0.25) is 9.69 Å². The summed E-state index contributed by atoms with van der Waals surface area (Å²) in [5.74, 6) is -0.0852. The minimum atomic E-state index is -0.215. The highest BCUT2D eigenvalue weighted by molar-refractivity contribution is 5.96. The van der Waals surface area contributed by atoms with E-state index >= 15 is 0 Å². The summed E-state index contributed by atoms with van der Waals surface area (Å²) in [6.45, 7) is 10.2. The Bertz CT molecular complexity index is 1210. The first kappa shape index (κ1) is 24.7. The summed E-state index contributed by atoms with van der Waals surface area (Å²) in [5, 5.41) is 0. The molecule has 0 unspecified atom stereocenters. The van der Waals surface area contributed by atoms with Crippen LogP contribution >= 0.6 is 0 Å². The van der Waals surface area contributed by atoms with Crippen molar-refractivity contribution in [3.8, 4) is 0 Å². The standard InChI is InChI=1S/C32H37FN2O/c1-31(2,3)26-12-9-25(10-13-26)22-34-19-17-32(18-20-34)23-35(29-15-14-27(33)21-28(29)32)30(36)16-11-24-7-5-4-6-8-24/h4-10,12-15,21H,11,16-20,22-23H2,1-3H3. The van der Waals surface area contributed by atoms with Crippen LogP contribution in [0.1, 0.15) is 62.3 Å². The Balaban J connectivity index is 1.27. The molecule has 4 heteroatoms. The van der Waals surface area contributed by atoms with Gasteiger partial charge in [0.15, 0.2) is 0 Å². The van der Waals surface area contributed by atoms with E-state index in [4.69, 9.17) is 0 Å². The highest BCUT2D eigenvalue weighted by Crippen LogP contribution is 2.47. The molecule has 0 bridgehead atoms. The maximum atomic E-state index is 14.4. The number of piperidine rings is 1. The van der Waals surface area contributed by atoms with E-state index in [0.29, 0.717) is 13.0 Å². The third-order valence-corrected chi connectivity index (χ3v) is 8.09. The quantitative estimate of drug-likeness (QED) is 0.405. The van der Waals surface area contributed by atoms with E-state index in [1.165, 1.54) is 22.8 Å². The Labute approximate surface area is 214 Å². The Morgan fingerprint density at radius 2 is 1.61 bits per heavy atom. The van der Waals surface area contributed by atoms with Crippen LogP contribution in [-0.4, -0.2) is 30.4 Å². The van der Waals surface area contributed by atoms with Crippen molar-refractivity contribution in [3.05, 3.63) is 101 Å². The molecule has 188 valence electrons. The number of likely N-dealkylation sites (tertiary alicyclic amines) is 1. The van der Waals surface area contributed by atoms with Gasteiger partial charge in [-0.05, 0) is 78.2 Å². The maximum Gasteiger partial charge on any atom is 0.227 e. The van der Waals surface area contributed by atoms with Crippen LogP contribution in [0.2, 0.25) is 0 Å². The Morgan fingerprint density at radius 1 is 0.917 bits per heavy atom. The van der Waals surface area contributed by atoms with Crippen molar-refractivity contribution in [1.29, 1.82) is 0 Å². The van der Waals surface area contributed by atoms with Crippen molar-refractivity contribution < 1.29 is 9.18 Å². The van der Waals surface area contributed by atoms with Gasteiger partial charge in [-0.1, -0.05) is 75.4 Å². The van der Waals surface area contributed by atoms with Gasteiger partial charge in [0.25, 0.3) is 0 Å². The van der Waals surface area contributed by atoms with Crippen LogP contribution in [0.15, 0.2) is 72.8 Å². The zero-order valence-corrected chi connectivity index (χ0v) is 21.8. The van der Waals surface area contributed by atoms with Crippen LogP contribution in [0.5, 0.6) is 0 Å². The van der Waals surface area contributed by atoms with Crippen molar-refractivity contribution in [2.45, 2.75) is 63.8 Å². The smallest absolute Gasteiger partial charge is 0.227 e. The lowest BCUT2D eigenvalue weighted by Crippen LogP contribution is -2.45. The summed E-state index contributed by atoms with van der Waals surface area (Å²) in [7, 11) is 0. The molecule has 0 aromatic heterocycles. The first-order chi connectivity index (χ1) is 17.2. The number of nitrogens with zero attached hydrogens (tertiary/aromatic N) is 2. The van der Waals surface area contributed by atoms with E-state index in [1.807, 2.05) is 29.2 Å². The number of fused-ring (bicyclic) bond motifs is 2. The molecule has 36 heavy (non-hydrogen) atoms. The fourth-order valence-electron chi connectivity index (χ4n) is 5.83. The molecular weight excluding hydrogens is 447 g/mol. The Morgan fingerprint density at radius 3 is 2.28 bits per heavy atom. The summed E-state index contributed by atoms with van der Waals surface area (Å²) >= 11 is 0. The maximum absolute atomic E-state index is 14.4. The van der Waals surface area contributed by atoms with E-state index in [9.17, 15) is 9.18 Å². The number of amides is 1. The summed E-state index contributed by atoms with van der Waals surface area (Å²) in [6, 6.07) is 24.1. The number of hydrogen-bond donors (Lipinski definition) is 0. The van der Waals surface area contributed by atoms with Crippen LogP contribution in [0, 0.1) is 5.82 Å². The molecule has 1 amide bonds. The highest BCUT2D eigenvalue weighted by atomic mass is 19.1. The van der Waals surface area contributed by atoms with Crippen molar-refractivity contribution in [2.24, 2.45) is 0 Å². The lowest BCUT2D eigenvalue weighted by Gasteiger charge is -2.40. The summed E-state index contributed by atoms with van der Waals surface area (Å²) in [4.78, 5) is 17.7. The van der Waals surface area contributed by atoms with Gasteiger partial charge in [-0.15, -0.1) is 0 Å². The average molecular weight is 485 g/mol. The van der Waals surface area contributed by atoms with E-state index < -0.39 is 0 Å². The minimum Gasteiger partial charge on any atom is -0.311 e. The topological polar surface area (TPSA) is 23.6 Å². The zero-order valence-electron chi connectivity index (χ0n) is 21.8. The molecule has 3 nitrogen and oxygen atoms in total. The molecule has 0 atom stereocenters. The molecule has 3 aromatic carbocycles. The monoisotopic (exact) mass is 484 g/mol. The first-order valence-electron chi connectivity index (χ1n) is 13.2. The van der Waals surface area contributed by atoms with Gasteiger partial charge in [-0.2, -0.15) is 0 Å². The number of anilines is 1. The number of benzene rings is 3. The molecule has 1 saturated heterocycles. The molecule has 1 spiro atoms. The second kappa shape index (κ2) is 9.82. The molecule has 0 saturated carbocycles. The molecular formula is C32H37FN2O. The average Bonchev–Trinajstić information content (AvgIpc) is 3.18. The molecule has 1 fully saturated rings. The number of halogens is 1. The van der Waals surface area contributed by atoms with Crippen molar-refractivity contribution in [1.82, 2.24) is 4.90 Å². The predicted molar refractivity (Wildman–Crippen MR) is 145 cm³/mol. The van der Waals surface area contributed by atoms with E-state index in [1.54, 1.807) is 6.07 Å². The lowest BCUT2D eigenvalue weighted by atomic mass is 9.74. The molecule has 0 N–H and O–H groups in total. The third kappa shape index (κ3) is 5.10. The summed E-state index contributed by atoms with van der Waals surface area (Å²) in [6.07, 6.45) is 3.06. The van der Waals surface area contributed by atoms with E-state index in [-0.39, 0.29) is 22.6 Å². The fourth-order valence-corrected chi connectivity index (χ4v) is 5.83. The SMILES string of the molecule is CC(C)(C)c1ccc(CN2CCC3(CC2)CN(C(=O)CCc2ccccc2)c2ccc(F)cc23)cc1. The highest BCUT2D eigenvalue weighted by Gasteiger charge is 2.46. The van der Waals surface area contributed by atoms with Gasteiger partial charge in [-0.25, -0.2) is 4.39 Å². The third-order valence-electron chi connectivity index (χ3n) is 8.09. The van der Waals surface area contributed by atoms with Crippen LogP contribution in [0.4, 0.5) is 10.1 Å². The molecule has 2 aliphatic rings. The molecule has 2 heterocycles. The fraction of sp³-hybridized carbons (Fsp3) is 0.406. The van der Waals surface area contributed by atoms with Gasteiger partial charge < -0.3 is 4.90 Å². The van der Waals surface area contributed by atoms with Crippen molar-refractivity contribution in [2.75, 3.05) is 24.5 Å². The lowest BCUT2D eigenvalue weighted by molar-refractivity contribution is -0.118. The summed E-state index contributed by atoms with van der Waals surface area (Å²) in [5.41, 5.74) is 5.77. The zero-order chi connectivity index (χ0) is 25.3. The van der Waals surface area contributed by atoms with Crippen molar-refractivity contribution >= 4 is 11.6 Å². The molecule has 0 aliphatic carbocycles. The van der Waals surface area contributed by atoms with Crippen molar-refractivity contribution in [3.63, 3.8) is 0 Å². The normalized spacial score (nSPS) is 17.4. The number of aryl methyl sites for hydroxylation is 1. The molecule has 3 aromatic rings. The van der Waals surface area contributed by atoms with Crippen LogP contribution in [-0.2, 0) is 28.6 Å². The molecule has 5 rings (SSSR count). The first-order valence-corrected chi connectivity index (χ1v) is 13.2. The van der Waals surface area contributed by atoms with E-state index in [2.05, 4.69) is 62.1 Å². The second-order valence-electron chi connectivity index (χ2n) is 11.6. The van der Waals surface area contributed by atoms with Gasteiger partial charge in [0.2, 0.25) is 5.91 Å². The Kier molecular flexibility index (Phi) is 6.74. The van der Waals surface area contributed by atoms with Gasteiger partial charge in [0, 0.05) is 30.6 Å². The van der Waals surface area contributed by atoms with Crippen LogP contribution in [0.25, 0.3) is 0 Å². The molecule has 2 aliphatic heterocycles. The minimum absolute atomic E-state index is 0.130.